The Hall–Kier alpha value is -0.560. The molecule has 0 spiro atoms. The summed E-state index contributed by atoms with van der Waals surface area (Å²) in [7, 11) is 0. The highest BCUT2D eigenvalue weighted by atomic mass is 35.5. The Balaban J connectivity index is 2.30. The van der Waals surface area contributed by atoms with Gasteiger partial charge in [-0.05, 0) is 42.5 Å². The summed E-state index contributed by atoms with van der Waals surface area (Å²) in [6, 6.07) is 4.81. The lowest BCUT2D eigenvalue weighted by Gasteiger charge is -2.25. The van der Waals surface area contributed by atoms with E-state index in [-0.39, 0.29) is 5.82 Å². The second kappa shape index (κ2) is 3.06. The van der Waals surface area contributed by atoms with Gasteiger partial charge in [-0.2, -0.15) is 0 Å². The number of hydrogen-bond donors (Lipinski definition) is 0. The molecule has 1 aromatic rings. The van der Waals surface area contributed by atoms with E-state index in [1.807, 2.05) is 6.07 Å². The van der Waals surface area contributed by atoms with Gasteiger partial charge in [0, 0.05) is 5.02 Å². The van der Waals surface area contributed by atoms with Crippen LogP contribution in [0.15, 0.2) is 18.2 Å². The third-order valence-corrected chi connectivity index (χ3v) is 2.68. The normalized spacial score (nSPS) is 17.5. The van der Waals surface area contributed by atoms with Gasteiger partial charge in [-0.15, -0.1) is 0 Å². The van der Waals surface area contributed by atoms with Crippen molar-refractivity contribution in [3.8, 4) is 0 Å². The second-order valence-corrected chi connectivity index (χ2v) is 3.77. The first kappa shape index (κ1) is 8.06. The molecule has 1 aromatic carbocycles. The summed E-state index contributed by atoms with van der Waals surface area (Å²) in [4.78, 5) is 0. The minimum absolute atomic E-state index is 0.218. The van der Waals surface area contributed by atoms with Crippen molar-refractivity contribution in [2.75, 3.05) is 0 Å². The van der Waals surface area contributed by atoms with E-state index in [2.05, 4.69) is 0 Å². The number of halogens is 2. The molecule has 1 saturated carbocycles. The lowest BCUT2D eigenvalue weighted by atomic mass is 9.80. The van der Waals surface area contributed by atoms with Crippen molar-refractivity contribution in [3.63, 3.8) is 0 Å². The molecule has 1 aliphatic rings. The monoisotopic (exact) mass is 184 g/mol. The van der Waals surface area contributed by atoms with Gasteiger partial charge in [0.05, 0.1) is 0 Å². The summed E-state index contributed by atoms with van der Waals surface area (Å²) in [5.41, 5.74) is 1.06. The van der Waals surface area contributed by atoms with Gasteiger partial charge >= 0.3 is 0 Å². The van der Waals surface area contributed by atoms with Crippen LogP contribution in [0.2, 0.25) is 5.02 Å². The van der Waals surface area contributed by atoms with Crippen LogP contribution in [-0.2, 0) is 0 Å². The largest absolute Gasteiger partial charge is 0.207 e. The van der Waals surface area contributed by atoms with Gasteiger partial charge < -0.3 is 0 Å². The Kier molecular flexibility index (Phi) is 2.05. The van der Waals surface area contributed by atoms with Crippen molar-refractivity contribution < 1.29 is 4.39 Å². The van der Waals surface area contributed by atoms with Crippen molar-refractivity contribution >= 4 is 11.6 Å². The fourth-order valence-electron chi connectivity index (χ4n) is 1.55. The summed E-state index contributed by atoms with van der Waals surface area (Å²) in [5, 5.41) is 0.511. The van der Waals surface area contributed by atoms with Gasteiger partial charge in [0.15, 0.2) is 0 Å². The smallest absolute Gasteiger partial charge is 0.124 e. The van der Waals surface area contributed by atoms with E-state index in [1.165, 1.54) is 25.3 Å². The highest BCUT2D eigenvalue weighted by Gasteiger charge is 2.19. The molecular formula is C10H10ClF. The number of hydrogen-bond acceptors (Lipinski definition) is 0. The highest BCUT2D eigenvalue weighted by Crippen LogP contribution is 2.37. The molecule has 0 nitrogen and oxygen atoms in total. The predicted octanol–water partition coefficient (Wildman–Crippen LogP) is 3.75. The molecule has 0 amide bonds. The second-order valence-electron chi connectivity index (χ2n) is 3.33. The molecule has 0 atom stereocenters. The Labute approximate surface area is 76.4 Å². The van der Waals surface area contributed by atoms with E-state index >= 15 is 0 Å². The Morgan fingerprint density at radius 2 is 2.00 bits per heavy atom. The first-order valence-electron chi connectivity index (χ1n) is 4.22. The minimum Gasteiger partial charge on any atom is -0.207 e. The zero-order valence-electron chi connectivity index (χ0n) is 6.69. The van der Waals surface area contributed by atoms with Gasteiger partial charge in [0.1, 0.15) is 5.82 Å². The first-order chi connectivity index (χ1) is 5.75. The van der Waals surface area contributed by atoms with Crippen molar-refractivity contribution in [2.45, 2.75) is 25.2 Å². The molecule has 0 bridgehead atoms. The zero-order chi connectivity index (χ0) is 8.55. The van der Waals surface area contributed by atoms with Crippen LogP contribution in [0, 0.1) is 5.82 Å². The molecule has 12 heavy (non-hydrogen) atoms. The molecule has 64 valence electrons. The molecule has 2 rings (SSSR count). The SMILES string of the molecule is Fc1cc(Cl)cc(C2CCC2)c1. The van der Waals surface area contributed by atoms with Crippen molar-refractivity contribution in [2.24, 2.45) is 0 Å². The Morgan fingerprint density at radius 1 is 1.25 bits per heavy atom. The molecule has 0 radical (unpaired) electrons. The van der Waals surface area contributed by atoms with Gasteiger partial charge in [-0.3, -0.25) is 0 Å². The molecular weight excluding hydrogens is 175 g/mol. The van der Waals surface area contributed by atoms with E-state index in [0.717, 1.165) is 5.56 Å². The maximum Gasteiger partial charge on any atom is 0.124 e. The summed E-state index contributed by atoms with van der Waals surface area (Å²) in [6.45, 7) is 0. The van der Waals surface area contributed by atoms with Crippen LogP contribution in [0.5, 0.6) is 0 Å². The minimum atomic E-state index is -0.218. The van der Waals surface area contributed by atoms with Gasteiger partial charge in [0.2, 0.25) is 0 Å². The summed E-state index contributed by atoms with van der Waals surface area (Å²) < 4.78 is 12.9. The molecule has 2 heteroatoms. The summed E-state index contributed by atoms with van der Waals surface area (Å²) in [5.74, 6) is 0.336. The third kappa shape index (κ3) is 1.46. The predicted molar refractivity (Wildman–Crippen MR) is 48.0 cm³/mol. The first-order valence-corrected chi connectivity index (χ1v) is 4.59. The van der Waals surface area contributed by atoms with E-state index in [0.29, 0.717) is 10.9 Å². The molecule has 0 heterocycles. The molecule has 0 unspecified atom stereocenters. The van der Waals surface area contributed by atoms with Gasteiger partial charge in [0.25, 0.3) is 0 Å². The molecule has 0 aliphatic heterocycles. The molecule has 0 saturated heterocycles. The quantitative estimate of drug-likeness (QED) is 0.624. The van der Waals surface area contributed by atoms with Crippen LogP contribution in [0.1, 0.15) is 30.7 Å². The average Bonchev–Trinajstić information content (AvgIpc) is 1.79. The van der Waals surface area contributed by atoms with Crippen LogP contribution >= 0.6 is 11.6 Å². The molecule has 1 fully saturated rings. The Bertz CT molecular complexity index is 272. The molecule has 0 aromatic heterocycles. The fraction of sp³-hybridized carbons (Fsp3) is 0.400. The van der Waals surface area contributed by atoms with Crippen molar-refractivity contribution in [3.05, 3.63) is 34.6 Å². The van der Waals surface area contributed by atoms with Crippen molar-refractivity contribution in [1.82, 2.24) is 0 Å². The molecule has 0 N–H and O–H groups in total. The van der Waals surface area contributed by atoms with Crippen LogP contribution < -0.4 is 0 Å². The number of rotatable bonds is 1. The van der Waals surface area contributed by atoms with E-state index < -0.39 is 0 Å². The van der Waals surface area contributed by atoms with Crippen molar-refractivity contribution in [1.29, 1.82) is 0 Å². The fourth-order valence-corrected chi connectivity index (χ4v) is 1.78. The standard InChI is InChI=1S/C10H10ClF/c11-9-4-8(5-10(12)6-9)7-2-1-3-7/h4-7H,1-3H2. The average molecular weight is 185 g/mol. The van der Waals surface area contributed by atoms with Gasteiger partial charge in [-0.1, -0.05) is 18.0 Å². The summed E-state index contributed by atoms with van der Waals surface area (Å²) in [6.07, 6.45) is 3.62. The van der Waals surface area contributed by atoms with Crippen LogP contribution in [0.4, 0.5) is 4.39 Å². The zero-order valence-corrected chi connectivity index (χ0v) is 7.44. The van der Waals surface area contributed by atoms with Crippen LogP contribution in [0.25, 0.3) is 0 Å². The van der Waals surface area contributed by atoms with E-state index in [1.54, 1.807) is 6.07 Å². The lowest BCUT2D eigenvalue weighted by Crippen LogP contribution is -2.08. The maximum absolute atomic E-state index is 12.9. The highest BCUT2D eigenvalue weighted by molar-refractivity contribution is 6.30. The maximum atomic E-state index is 12.9. The third-order valence-electron chi connectivity index (χ3n) is 2.46. The van der Waals surface area contributed by atoms with Crippen LogP contribution in [0.3, 0.4) is 0 Å². The lowest BCUT2D eigenvalue weighted by molar-refractivity contribution is 0.418. The van der Waals surface area contributed by atoms with E-state index in [4.69, 9.17) is 11.6 Å². The Morgan fingerprint density at radius 3 is 2.50 bits per heavy atom. The van der Waals surface area contributed by atoms with E-state index in [9.17, 15) is 4.39 Å². The summed E-state index contributed by atoms with van der Waals surface area (Å²) >= 11 is 5.74. The molecule has 1 aliphatic carbocycles. The number of benzene rings is 1. The van der Waals surface area contributed by atoms with Gasteiger partial charge in [-0.25, -0.2) is 4.39 Å². The van der Waals surface area contributed by atoms with Crippen LogP contribution in [-0.4, -0.2) is 0 Å². The topological polar surface area (TPSA) is 0 Å².